The molecule has 0 aliphatic rings. The molecule has 0 aliphatic heterocycles. The van der Waals surface area contributed by atoms with E-state index in [1.165, 1.54) is 25.3 Å². The number of nitro groups is 1. The molecule has 0 bridgehead atoms. The molecule has 0 saturated carbocycles. The summed E-state index contributed by atoms with van der Waals surface area (Å²) < 4.78 is 5.18. The molecule has 2 aromatic rings. The van der Waals surface area contributed by atoms with Gasteiger partial charge in [-0.05, 0) is 30.7 Å². The van der Waals surface area contributed by atoms with Crippen molar-refractivity contribution in [2.75, 3.05) is 17.7 Å². The Hall–Kier alpha value is -3.57. The number of halogens is 1. The van der Waals surface area contributed by atoms with Gasteiger partial charge in [0.2, 0.25) is 0 Å². The van der Waals surface area contributed by atoms with Crippen molar-refractivity contribution in [3.63, 3.8) is 0 Å². The van der Waals surface area contributed by atoms with Gasteiger partial charge in [0.05, 0.1) is 28.4 Å². The summed E-state index contributed by atoms with van der Waals surface area (Å²) in [4.78, 5) is 22.6. The van der Waals surface area contributed by atoms with Gasteiger partial charge >= 0.3 is 0 Å². The first-order chi connectivity index (χ1) is 12.8. The third-order valence-electron chi connectivity index (χ3n) is 3.50. The summed E-state index contributed by atoms with van der Waals surface area (Å²) in [6.07, 6.45) is 1.13. The van der Waals surface area contributed by atoms with Crippen molar-refractivity contribution in [3.8, 4) is 11.8 Å². The van der Waals surface area contributed by atoms with E-state index in [0.29, 0.717) is 11.4 Å². The molecule has 2 rings (SSSR count). The van der Waals surface area contributed by atoms with Crippen molar-refractivity contribution < 1.29 is 14.5 Å². The monoisotopic (exact) mass is 386 g/mol. The van der Waals surface area contributed by atoms with Crippen LogP contribution >= 0.6 is 11.6 Å². The van der Waals surface area contributed by atoms with Crippen LogP contribution in [0.4, 0.5) is 17.1 Å². The van der Waals surface area contributed by atoms with E-state index in [0.717, 1.165) is 11.8 Å². The minimum absolute atomic E-state index is 0.178. The normalized spacial score (nSPS) is 10.7. The molecule has 8 nitrogen and oxygen atoms in total. The van der Waals surface area contributed by atoms with Crippen molar-refractivity contribution in [1.82, 2.24) is 0 Å². The molecule has 1 amide bonds. The summed E-state index contributed by atoms with van der Waals surface area (Å²) in [7, 11) is 1.47. The molecule has 9 heteroatoms. The number of methoxy groups -OCH3 is 1. The lowest BCUT2D eigenvalue weighted by Crippen LogP contribution is -2.15. The average molecular weight is 387 g/mol. The van der Waals surface area contributed by atoms with E-state index in [1.54, 1.807) is 18.2 Å². The predicted molar refractivity (Wildman–Crippen MR) is 102 cm³/mol. The second kappa shape index (κ2) is 8.69. The van der Waals surface area contributed by atoms with Gasteiger partial charge in [-0.15, -0.1) is 0 Å². The lowest BCUT2D eigenvalue weighted by Gasteiger charge is -2.11. The summed E-state index contributed by atoms with van der Waals surface area (Å²) in [6.45, 7) is 1.85. The van der Waals surface area contributed by atoms with Gasteiger partial charge in [-0.2, -0.15) is 5.26 Å². The van der Waals surface area contributed by atoms with Crippen molar-refractivity contribution >= 4 is 34.6 Å². The molecule has 0 spiro atoms. The van der Waals surface area contributed by atoms with Crippen LogP contribution in [0.2, 0.25) is 5.02 Å². The number of rotatable bonds is 6. The third-order valence-corrected chi connectivity index (χ3v) is 3.83. The maximum absolute atomic E-state index is 12.4. The van der Waals surface area contributed by atoms with Crippen molar-refractivity contribution in [3.05, 3.63) is 68.9 Å². The van der Waals surface area contributed by atoms with Crippen LogP contribution in [0.15, 0.2) is 48.2 Å². The quantitative estimate of drug-likeness (QED) is 0.335. The fraction of sp³-hybridized carbons (Fsp3) is 0.111. The number of aryl methyl sites for hydroxylation is 1. The van der Waals surface area contributed by atoms with E-state index in [-0.39, 0.29) is 22.0 Å². The highest BCUT2D eigenvalue weighted by Crippen LogP contribution is 2.27. The Bertz CT molecular complexity index is 966. The number of carbonyl (C=O) groups excluding carboxylic acids is 1. The van der Waals surface area contributed by atoms with Gasteiger partial charge in [-0.3, -0.25) is 14.9 Å². The first kappa shape index (κ1) is 19.8. The van der Waals surface area contributed by atoms with E-state index < -0.39 is 10.8 Å². The van der Waals surface area contributed by atoms with E-state index in [1.807, 2.05) is 13.0 Å². The van der Waals surface area contributed by atoms with Gasteiger partial charge < -0.3 is 15.4 Å². The molecule has 27 heavy (non-hydrogen) atoms. The zero-order valence-corrected chi connectivity index (χ0v) is 15.2. The van der Waals surface area contributed by atoms with Gasteiger partial charge in [-0.25, -0.2) is 0 Å². The van der Waals surface area contributed by atoms with Crippen LogP contribution in [0.1, 0.15) is 5.56 Å². The maximum atomic E-state index is 12.4. The molecule has 0 saturated heterocycles. The summed E-state index contributed by atoms with van der Waals surface area (Å²) in [5.41, 5.74) is 1.08. The van der Waals surface area contributed by atoms with Crippen LogP contribution < -0.4 is 15.4 Å². The number of benzene rings is 2. The van der Waals surface area contributed by atoms with Crippen molar-refractivity contribution in [1.29, 1.82) is 5.26 Å². The summed E-state index contributed by atoms with van der Waals surface area (Å²) in [5, 5.41) is 25.6. The molecule has 0 fully saturated rings. The Morgan fingerprint density at radius 2 is 2.04 bits per heavy atom. The number of nitrogens with one attached hydrogen (secondary N) is 2. The van der Waals surface area contributed by atoms with Gasteiger partial charge in [0.1, 0.15) is 17.4 Å². The summed E-state index contributed by atoms with van der Waals surface area (Å²) >= 11 is 5.98. The Labute approximate surface area is 160 Å². The Morgan fingerprint density at radius 1 is 1.30 bits per heavy atom. The average Bonchev–Trinajstić information content (AvgIpc) is 2.63. The topological polar surface area (TPSA) is 117 Å². The van der Waals surface area contributed by atoms with E-state index in [4.69, 9.17) is 16.3 Å². The molecular formula is C18H15ClN4O4. The highest BCUT2D eigenvalue weighted by Gasteiger charge is 2.14. The summed E-state index contributed by atoms with van der Waals surface area (Å²) in [5.74, 6) is -0.226. The lowest BCUT2D eigenvalue weighted by atomic mass is 10.2. The fourth-order valence-electron chi connectivity index (χ4n) is 2.15. The number of nitro benzene ring substituents is 1. The van der Waals surface area contributed by atoms with Gasteiger partial charge in [0.25, 0.3) is 11.6 Å². The molecule has 0 atom stereocenters. The molecule has 0 heterocycles. The highest BCUT2D eigenvalue weighted by atomic mass is 35.5. The molecule has 2 aromatic carbocycles. The first-order valence-corrected chi connectivity index (χ1v) is 8.00. The number of hydrogen-bond acceptors (Lipinski definition) is 6. The molecule has 0 aliphatic carbocycles. The molecule has 0 unspecified atom stereocenters. The number of nitrogens with zero attached hydrogens (tertiary/aromatic N) is 2. The maximum Gasteiger partial charge on any atom is 0.271 e. The Morgan fingerprint density at radius 3 is 2.67 bits per heavy atom. The smallest absolute Gasteiger partial charge is 0.271 e. The van der Waals surface area contributed by atoms with E-state index in [9.17, 15) is 20.2 Å². The van der Waals surface area contributed by atoms with Crippen molar-refractivity contribution in [2.24, 2.45) is 0 Å². The van der Waals surface area contributed by atoms with Crippen LogP contribution in [0.3, 0.4) is 0 Å². The standard InChI is InChI=1S/C18H15ClN4O4/c1-11-3-6-17(27-2)16(7-11)22-18(24)12(9-20)10-21-15-8-13(23(25)26)4-5-14(15)19/h3-8,10,21H,1-2H3,(H,22,24)/b12-10-. The molecule has 0 radical (unpaired) electrons. The van der Waals surface area contributed by atoms with Gasteiger partial charge in [0, 0.05) is 18.3 Å². The number of nitriles is 1. The van der Waals surface area contributed by atoms with E-state index in [2.05, 4.69) is 10.6 Å². The van der Waals surface area contributed by atoms with Crippen molar-refractivity contribution in [2.45, 2.75) is 6.92 Å². The number of carbonyl (C=O) groups is 1. The van der Waals surface area contributed by atoms with Crippen LogP contribution in [0, 0.1) is 28.4 Å². The van der Waals surface area contributed by atoms with Crippen LogP contribution in [-0.2, 0) is 4.79 Å². The Balaban J connectivity index is 2.23. The minimum atomic E-state index is -0.671. The highest BCUT2D eigenvalue weighted by molar-refractivity contribution is 6.33. The molecule has 0 aromatic heterocycles. The SMILES string of the molecule is COc1ccc(C)cc1NC(=O)/C(C#N)=C\Nc1cc([N+](=O)[O-])ccc1Cl. The van der Waals surface area contributed by atoms with E-state index >= 15 is 0 Å². The van der Waals surface area contributed by atoms with Crippen LogP contribution in [0.5, 0.6) is 5.75 Å². The Kier molecular flexibility index (Phi) is 6.36. The van der Waals surface area contributed by atoms with Gasteiger partial charge in [0.15, 0.2) is 0 Å². The molecule has 138 valence electrons. The number of hydrogen-bond donors (Lipinski definition) is 2. The molecular weight excluding hydrogens is 372 g/mol. The zero-order valence-electron chi connectivity index (χ0n) is 14.4. The number of amides is 1. The predicted octanol–water partition coefficient (Wildman–Crippen LogP) is 4.02. The van der Waals surface area contributed by atoms with Gasteiger partial charge in [-0.1, -0.05) is 17.7 Å². The third kappa shape index (κ3) is 4.96. The lowest BCUT2D eigenvalue weighted by molar-refractivity contribution is -0.384. The fourth-order valence-corrected chi connectivity index (χ4v) is 2.32. The zero-order chi connectivity index (χ0) is 20.0. The number of ether oxygens (including phenoxy) is 1. The second-order valence-electron chi connectivity index (χ2n) is 5.39. The van der Waals surface area contributed by atoms with Crippen LogP contribution in [-0.4, -0.2) is 17.9 Å². The summed E-state index contributed by atoms with van der Waals surface area (Å²) in [6, 6.07) is 10.8. The largest absolute Gasteiger partial charge is 0.495 e. The van der Waals surface area contributed by atoms with Crippen LogP contribution in [0.25, 0.3) is 0 Å². The number of anilines is 2. The number of non-ortho nitro benzene ring substituents is 1. The molecule has 2 N–H and O–H groups in total. The first-order valence-electron chi connectivity index (χ1n) is 7.62. The second-order valence-corrected chi connectivity index (χ2v) is 5.80. The minimum Gasteiger partial charge on any atom is -0.495 e.